The molecule has 0 bridgehead atoms. The van der Waals surface area contributed by atoms with E-state index >= 15 is 0 Å². The van der Waals surface area contributed by atoms with Crippen molar-refractivity contribution in [2.24, 2.45) is 5.92 Å². The third kappa shape index (κ3) is 3.43. The van der Waals surface area contributed by atoms with E-state index in [1.165, 1.54) is 0 Å². The second-order valence-electron chi connectivity index (χ2n) is 5.26. The largest absolute Gasteiger partial charge is 0.381 e. The smallest absolute Gasteiger partial charge is 0.252 e. The summed E-state index contributed by atoms with van der Waals surface area (Å²) in [6, 6.07) is 1.88. The average Bonchev–Trinajstić information content (AvgIpc) is 3.04. The quantitative estimate of drug-likeness (QED) is 0.889. The van der Waals surface area contributed by atoms with Crippen LogP contribution in [0.4, 0.5) is 0 Å². The van der Waals surface area contributed by atoms with E-state index < -0.39 is 0 Å². The molecule has 7 nitrogen and oxygen atoms in total. The van der Waals surface area contributed by atoms with Crippen molar-refractivity contribution >= 4 is 0 Å². The molecule has 7 heteroatoms. The molecule has 21 heavy (non-hydrogen) atoms. The summed E-state index contributed by atoms with van der Waals surface area (Å²) in [5.41, 5.74) is 0. The van der Waals surface area contributed by atoms with E-state index in [1.54, 1.807) is 29.5 Å². The van der Waals surface area contributed by atoms with Crippen LogP contribution in [-0.2, 0) is 4.74 Å². The molecule has 1 atom stereocenters. The van der Waals surface area contributed by atoms with Gasteiger partial charge in [0, 0.05) is 25.6 Å². The van der Waals surface area contributed by atoms with Gasteiger partial charge < -0.3 is 10.1 Å². The maximum atomic E-state index is 5.38. The Morgan fingerprint density at radius 3 is 2.81 bits per heavy atom. The number of nitrogens with zero attached hydrogens (tertiary/aromatic N) is 5. The molecular formula is C14H20N6O. The van der Waals surface area contributed by atoms with E-state index in [4.69, 9.17) is 4.74 Å². The van der Waals surface area contributed by atoms with Gasteiger partial charge in [0.25, 0.3) is 5.95 Å². The minimum Gasteiger partial charge on any atom is -0.381 e. The Hall–Kier alpha value is -1.86. The lowest BCUT2D eigenvalue weighted by Gasteiger charge is -2.24. The van der Waals surface area contributed by atoms with E-state index in [9.17, 15) is 0 Å². The number of hydrogen-bond donors (Lipinski definition) is 1. The molecule has 1 fully saturated rings. The van der Waals surface area contributed by atoms with E-state index in [0.717, 1.165) is 38.4 Å². The molecule has 1 aliphatic heterocycles. The molecule has 1 unspecified atom stereocenters. The van der Waals surface area contributed by atoms with Crippen LogP contribution in [0.3, 0.4) is 0 Å². The Morgan fingerprint density at radius 2 is 2.05 bits per heavy atom. The normalized spacial score (nSPS) is 17.8. The van der Waals surface area contributed by atoms with Crippen LogP contribution in [0.25, 0.3) is 5.95 Å². The molecule has 3 rings (SSSR count). The van der Waals surface area contributed by atoms with Crippen molar-refractivity contribution in [2.75, 3.05) is 19.8 Å². The van der Waals surface area contributed by atoms with E-state index in [2.05, 4.69) is 32.3 Å². The van der Waals surface area contributed by atoms with Gasteiger partial charge in [0.05, 0.1) is 6.04 Å². The molecule has 112 valence electrons. The molecule has 0 saturated carbocycles. The first-order valence-electron chi connectivity index (χ1n) is 7.33. The van der Waals surface area contributed by atoms with E-state index in [1.807, 2.05) is 0 Å². The Kier molecular flexibility index (Phi) is 4.52. The van der Waals surface area contributed by atoms with Gasteiger partial charge in [-0.05, 0) is 38.3 Å². The summed E-state index contributed by atoms with van der Waals surface area (Å²) in [4.78, 5) is 12.8. The minimum absolute atomic E-state index is 0.0964. The zero-order valence-corrected chi connectivity index (χ0v) is 12.1. The first kappa shape index (κ1) is 14.1. The Balaban J connectivity index is 1.65. The maximum Gasteiger partial charge on any atom is 0.252 e. The zero-order valence-electron chi connectivity index (χ0n) is 12.1. The monoisotopic (exact) mass is 288 g/mol. The summed E-state index contributed by atoms with van der Waals surface area (Å²) < 4.78 is 7.07. The highest BCUT2D eigenvalue weighted by Gasteiger charge is 2.18. The lowest BCUT2D eigenvalue weighted by atomic mass is 10.0. The number of aromatic nitrogens is 5. The molecule has 0 amide bonds. The topological polar surface area (TPSA) is 77.8 Å². The number of rotatable bonds is 5. The second-order valence-corrected chi connectivity index (χ2v) is 5.26. The minimum atomic E-state index is 0.0964. The molecule has 0 spiro atoms. The maximum absolute atomic E-state index is 5.38. The van der Waals surface area contributed by atoms with Crippen LogP contribution in [0, 0.1) is 5.92 Å². The van der Waals surface area contributed by atoms with Crippen LogP contribution in [0.5, 0.6) is 0 Å². The van der Waals surface area contributed by atoms with E-state index in [-0.39, 0.29) is 6.04 Å². The highest BCUT2D eigenvalue weighted by Crippen LogP contribution is 2.16. The summed E-state index contributed by atoms with van der Waals surface area (Å²) in [5, 5.41) is 7.75. The number of ether oxygens (including phenoxy) is 1. The Labute approximate surface area is 123 Å². The summed E-state index contributed by atoms with van der Waals surface area (Å²) in [6.45, 7) is 4.79. The van der Waals surface area contributed by atoms with Gasteiger partial charge in [-0.2, -0.15) is 9.78 Å². The predicted octanol–water partition coefficient (Wildman–Crippen LogP) is 1.13. The van der Waals surface area contributed by atoms with Gasteiger partial charge in [0.15, 0.2) is 5.82 Å². The summed E-state index contributed by atoms with van der Waals surface area (Å²) in [6.07, 6.45) is 7.18. The zero-order chi connectivity index (χ0) is 14.5. The summed E-state index contributed by atoms with van der Waals surface area (Å²) >= 11 is 0. The first-order valence-corrected chi connectivity index (χ1v) is 7.33. The van der Waals surface area contributed by atoms with Crippen molar-refractivity contribution < 1.29 is 4.74 Å². The van der Waals surface area contributed by atoms with Gasteiger partial charge in [-0.15, -0.1) is 0 Å². The van der Waals surface area contributed by atoms with Crippen molar-refractivity contribution in [3.63, 3.8) is 0 Å². The number of nitrogens with one attached hydrogen (secondary N) is 1. The fraction of sp³-hybridized carbons (Fsp3) is 0.571. The fourth-order valence-corrected chi connectivity index (χ4v) is 2.49. The lowest BCUT2D eigenvalue weighted by Crippen LogP contribution is -2.31. The molecule has 1 aliphatic rings. The van der Waals surface area contributed by atoms with Gasteiger partial charge in [0.1, 0.15) is 6.33 Å². The van der Waals surface area contributed by atoms with Gasteiger partial charge in [0.2, 0.25) is 0 Å². The summed E-state index contributed by atoms with van der Waals surface area (Å²) in [5.74, 6) is 2.04. The summed E-state index contributed by atoms with van der Waals surface area (Å²) in [7, 11) is 0. The third-order valence-corrected chi connectivity index (χ3v) is 3.76. The molecule has 0 aliphatic carbocycles. The van der Waals surface area contributed by atoms with Gasteiger partial charge in [-0.3, -0.25) is 0 Å². The molecule has 3 heterocycles. The van der Waals surface area contributed by atoms with Gasteiger partial charge in [-0.1, -0.05) is 0 Å². The van der Waals surface area contributed by atoms with Crippen molar-refractivity contribution in [1.82, 2.24) is 30.0 Å². The number of hydrogen-bond acceptors (Lipinski definition) is 6. The molecule has 1 saturated heterocycles. The van der Waals surface area contributed by atoms with Crippen LogP contribution < -0.4 is 5.32 Å². The van der Waals surface area contributed by atoms with Crippen LogP contribution in [0.2, 0.25) is 0 Å². The average molecular weight is 288 g/mol. The van der Waals surface area contributed by atoms with Crippen LogP contribution in [-0.4, -0.2) is 44.5 Å². The lowest BCUT2D eigenvalue weighted by molar-refractivity contribution is 0.0655. The predicted molar refractivity (Wildman–Crippen MR) is 76.9 cm³/mol. The standard InChI is InChI=1S/C14H20N6O/c1-11(17-9-12-3-7-21-8-4-12)13-18-10-19-20(13)14-15-5-2-6-16-14/h2,5-6,10-12,17H,3-4,7-9H2,1H3. The molecule has 2 aromatic rings. The van der Waals surface area contributed by atoms with E-state index in [0.29, 0.717) is 11.9 Å². The first-order chi connectivity index (χ1) is 10.3. The van der Waals surface area contributed by atoms with Gasteiger partial charge in [-0.25, -0.2) is 15.0 Å². The highest BCUT2D eigenvalue weighted by molar-refractivity contribution is 5.11. The second kappa shape index (κ2) is 6.73. The fourth-order valence-electron chi connectivity index (χ4n) is 2.49. The third-order valence-electron chi connectivity index (χ3n) is 3.76. The van der Waals surface area contributed by atoms with Crippen molar-refractivity contribution in [1.29, 1.82) is 0 Å². The van der Waals surface area contributed by atoms with Crippen LogP contribution in [0.1, 0.15) is 31.6 Å². The van der Waals surface area contributed by atoms with Crippen molar-refractivity contribution in [2.45, 2.75) is 25.8 Å². The SMILES string of the molecule is CC(NCC1CCOCC1)c1ncnn1-c1ncccn1. The van der Waals surface area contributed by atoms with Crippen molar-refractivity contribution in [3.05, 3.63) is 30.6 Å². The molecule has 2 aromatic heterocycles. The molecule has 0 radical (unpaired) electrons. The van der Waals surface area contributed by atoms with Crippen LogP contribution in [0.15, 0.2) is 24.8 Å². The van der Waals surface area contributed by atoms with Crippen LogP contribution >= 0.6 is 0 Å². The molecular weight excluding hydrogens is 268 g/mol. The molecule has 0 aromatic carbocycles. The van der Waals surface area contributed by atoms with Gasteiger partial charge >= 0.3 is 0 Å². The molecule has 1 N–H and O–H groups in total. The Bertz CT molecular complexity index is 552. The Morgan fingerprint density at radius 1 is 1.29 bits per heavy atom. The highest BCUT2D eigenvalue weighted by atomic mass is 16.5. The van der Waals surface area contributed by atoms with Crippen molar-refractivity contribution in [3.8, 4) is 5.95 Å².